The highest BCUT2D eigenvalue weighted by Crippen LogP contribution is 2.29. The Kier molecular flexibility index (Phi) is 5.59. The molecule has 1 unspecified atom stereocenters. The fraction of sp³-hybridized carbons (Fsp3) is 0.381. The smallest absolute Gasteiger partial charge is 0.258 e. The van der Waals surface area contributed by atoms with Crippen LogP contribution in [0.3, 0.4) is 0 Å². The number of ether oxygens (including phenoxy) is 2. The van der Waals surface area contributed by atoms with E-state index in [1.54, 1.807) is 7.11 Å². The third kappa shape index (κ3) is 4.32. The summed E-state index contributed by atoms with van der Waals surface area (Å²) in [5.74, 6) is 1.54. The SMILES string of the molecule is COc1ccc(C(C)NC(=O)COc2cccc3c2CCCC3)cc1. The van der Waals surface area contributed by atoms with Gasteiger partial charge in [0.05, 0.1) is 13.2 Å². The van der Waals surface area contributed by atoms with Gasteiger partial charge in [-0.15, -0.1) is 0 Å². The molecule has 0 fully saturated rings. The van der Waals surface area contributed by atoms with E-state index in [0.717, 1.165) is 29.9 Å². The fourth-order valence-electron chi connectivity index (χ4n) is 3.28. The summed E-state index contributed by atoms with van der Waals surface area (Å²) in [7, 11) is 1.64. The van der Waals surface area contributed by atoms with Crippen LogP contribution in [0.4, 0.5) is 0 Å². The maximum atomic E-state index is 12.2. The first-order chi connectivity index (χ1) is 12.2. The molecule has 0 saturated carbocycles. The zero-order chi connectivity index (χ0) is 17.6. The quantitative estimate of drug-likeness (QED) is 0.870. The van der Waals surface area contributed by atoms with Gasteiger partial charge in [-0.25, -0.2) is 0 Å². The summed E-state index contributed by atoms with van der Waals surface area (Å²) in [5, 5.41) is 2.98. The molecule has 25 heavy (non-hydrogen) atoms. The van der Waals surface area contributed by atoms with Crippen molar-refractivity contribution in [3.8, 4) is 11.5 Å². The topological polar surface area (TPSA) is 47.6 Å². The van der Waals surface area contributed by atoms with E-state index >= 15 is 0 Å². The van der Waals surface area contributed by atoms with E-state index in [9.17, 15) is 4.79 Å². The second kappa shape index (κ2) is 8.06. The summed E-state index contributed by atoms with van der Waals surface area (Å²) in [6.07, 6.45) is 4.56. The number of amides is 1. The summed E-state index contributed by atoms with van der Waals surface area (Å²) >= 11 is 0. The van der Waals surface area contributed by atoms with Crippen LogP contribution in [0.2, 0.25) is 0 Å². The first kappa shape index (κ1) is 17.3. The summed E-state index contributed by atoms with van der Waals surface area (Å²) < 4.78 is 11.0. The Morgan fingerprint density at radius 2 is 1.88 bits per heavy atom. The Bertz CT molecular complexity index is 724. The molecule has 0 aromatic heterocycles. The molecule has 4 heteroatoms. The molecular formula is C21H25NO3. The van der Waals surface area contributed by atoms with E-state index in [0.29, 0.717) is 0 Å². The molecule has 0 spiro atoms. The van der Waals surface area contributed by atoms with Gasteiger partial charge in [0.15, 0.2) is 6.61 Å². The Balaban J connectivity index is 1.56. The molecule has 1 amide bonds. The van der Waals surface area contributed by atoms with E-state index in [-0.39, 0.29) is 18.6 Å². The predicted molar refractivity (Wildman–Crippen MR) is 98.1 cm³/mol. The monoisotopic (exact) mass is 339 g/mol. The van der Waals surface area contributed by atoms with Gasteiger partial charge in [0, 0.05) is 0 Å². The molecule has 2 aromatic rings. The first-order valence-electron chi connectivity index (χ1n) is 8.84. The number of aryl methyl sites for hydroxylation is 1. The first-order valence-corrected chi connectivity index (χ1v) is 8.84. The van der Waals surface area contributed by atoms with Crippen molar-refractivity contribution < 1.29 is 14.3 Å². The second-order valence-corrected chi connectivity index (χ2v) is 6.45. The molecule has 1 atom stereocenters. The third-order valence-corrected chi connectivity index (χ3v) is 4.71. The van der Waals surface area contributed by atoms with E-state index in [4.69, 9.17) is 9.47 Å². The molecule has 0 heterocycles. The largest absolute Gasteiger partial charge is 0.497 e. The number of benzene rings is 2. The molecule has 0 saturated heterocycles. The fourth-order valence-corrected chi connectivity index (χ4v) is 3.28. The van der Waals surface area contributed by atoms with E-state index in [2.05, 4.69) is 11.4 Å². The Morgan fingerprint density at radius 3 is 2.64 bits per heavy atom. The lowest BCUT2D eigenvalue weighted by atomic mass is 9.91. The maximum Gasteiger partial charge on any atom is 0.258 e. The van der Waals surface area contributed by atoms with Crippen LogP contribution >= 0.6 is 0 Å². The Hall–Kier alpha value is -2.49. The molecule has 0 radical (unpaired) electrons. The Morgan fingerprint density at radius 1 is 1.12 bits per heavy atom. The summed E-state index contributed by atoms with van der Waals surface area (Å²) in [4.78, 5) is 12.2. The molecule has 0 bridgehead atoms. The highest BCUT2D eigenvalue weighted by Gasteiger charge is 2.15. The van der Waals surface area contributed by atoms with Crippen molar-refractivity contribution >= 4 is 5.91 Å². The molecule has 1 aliphatic carbocycles. The van der Waals surface area contributed by atoms with Gasteiger partial charge in [0.2, 0.25) is 0 Å². The normalized spacial score (nSPS) is 14.3. The molecule has 3 rings (SSSR count). The van der Waals surface area contributed by atoms with Crippen molar-refractivity contribution in [3.63, 3.8) is 0 Å². The number of hydrogen-bond acceptors (Lipinski definition) is 3. The van der Waals surface area contributed by atoms with Gasteiger partial charge in [-0.05, 0) is 67.5 Å². The van der Waals surface area contributed by atoms with Gasteiger partial charge in [-0.2, -0.15) is 0 Å². The zero-order valence-corrected chi connectivity index (χ0v) is 14.9. The number of nitrogens with one attached hydrogen (secondary N) is 1. The number of rotatable bonds is 6. The molecule has 1 N–H and O–H groups in total. The summed E-state index contributed by atoms with van der Waals surface area (Å²) in [5.41, 5.74) is 3.66. The third-order valence-electron chi connectivity index (χ3n) is 4.71. The highest BCUT2D eigenvalue weighted by molar-refractivity contribution is 5.78. The van der Waals surface area contributed by atoms with Crippen LogP contribution in [0.5, 0.6) is 11.5 Å². The lowest BCUT2D eigenvalue weighted by molar-refractivity contribution is -0.123. The zero-order valence-electron chi connectivity index (χ0n) is 14.9. The van der Waals surface area contributed by atoms with Gasteiger partial charge in [-0.1, -0.05) is 24.3 Å². The van der Waals surface area contributed by atoms with Crippen molar-refractivity contribution in [1.82, 2.24) is 5.32 Å². The van der Waals surface area contributed by atoms with Crippen LogP contribution in [0.1, 0.15) is 42.5 Å². The van der Waals surface area contributed by atoms with Crippen LogP contribution in [0.25, 0.3) is 0 Å². The van der Waals surface area contributed by atoms with E-state index in [1.807, 2.05) is 43.3 Å². The van der Waals surface area contributed by atoms with Gasteiger partial charge >= 0.3 is 0 Å². The molecule has 2 aromatic carbocycles. The van der Waals surface area contributed by atoms with Crippen molar-refractivity contribution in [2.24, 2.45) is 0 Å². The number of carbonyl (C=O) groups excluding carboxylic acids is 1. The van der Waals surface area contributed by atoms with Gasteiger partial charge in [-0.3, -0.25) is 4.79 Å². The van der Waals surface area contributed by atoms with Crippen molar-refractivity contribution in [2.75, 3.05) is 13.7 Å². The van der Waals surface area contributed by atoms with Crippen molar-refractivity contribution in [1.29, 1.82) is 0 Å². The molecule has 4 nitrogen and oxygen atoms in total. The van der Waals surface area contributed by atoms with Crippen LogP contribution in [-0.4, -0.2) is 19.6 Å². The van der Waals surface area contributed by atoms with Crippen LogP contribution in [0.15, 0.2) is 42.5 Å². The Labute approximate surface area is 149 Å². The predicted octanol–water partition coefficient (Wildman–Crippen LogP) is 3.83. The minimum atomic E-state index is -0.114. The van der Waals surface area contributed by atoms with Gasteiger partial charge < -0.3 is 14.8 Å². The van der Waals surface area contributed by atoms with E-state index < -0.39 is 0 Å². The highest BCUT2D eigenvalue weighted by atomic mass is 16.5. The average molecular weight is 339 g/mol. The van der Waals surface area contributed by atoms with Crippen LogP contribution < -0.4 is 14.8 Å². The number of carbonyl (C=O) groups is 1. The standard InChI is InChI=1S/C21H25NO3/c1-15(16-10-12-18(24-2)13-11-16)22-21(23)14-25-20-9-5-7-17-6-3-4-8-19(17)20/h5,7,9-13,15H,3-4,6,8,14H2,1-2H3,(H,22,23). The summed E-state index contributed by atoms with van der Waals surface area (Å²) in [6.45, 7) is 2.00. The maximum absolute atomic E-state index is 12.2. The molecular weight excluding hydrogens is 314 g/mol. The number of fused-ring (bicyclic) bond motifs is 1. The van der Waals surface area contributed by atoms with Crippen molar-refractivity contribution in [2.45, 2.75) is 38.6 Å². The lowest BCUT2D eigenvalue weighted by Crippen LogP contribution is -2.31. The molecule has 132 valence electrons. The minimum Gasteiger partial charge on any atom is -0.497 e. The van der Waals surface area contributed by atoms with Gasteiger partial charge in [0.1, 0.15) is 11.5 Å². The number of methoxy groups -OCH3 is 1. The van der Waals surface area contributed by atoms with Crippen LogP contribution in [-0.2, 0) is 17.6 Å². The van der Waals surface area contributed by atoms with Crippen molar-refractivity contribution in [3.05, 3.63) is 59.2 Å². The summed E-state index contributed by atoms with van der Waals surface area (Å²) in [6, 6.07) is 13.8. The molecule has 1 aliphatic rings. The number of hydrogen-bond donors (Lipinski definition) is 1. The minimum absolute atomic E-state index is 0.0386. The average Bonchev–Trinajstić information content (AvgIpc) is 2.66. The molecule has 0 aliphatic heterocycles. The van der Waals surface area contributed by atoms with Crippen LogP contribution in [0, 0.1) is 0 Å². The second-order valence-electron chi connectivity index (χ2n) is 6.45. The lowest BCUT2D eigenvalue weighted by Gasteiger charge is -2.20. The van der Waals surface area contributed by atoms with E-state index in [1.165, 1.54) is 24.0 Å². The van der Waals surface area contributed by atoms with Gasteiger partial charge in [0.25, 0.3) is 5.91 Å².